The molecule has 0 nitrogen and oxygen atoms in total. The zero-order chi connectivity index (χ0) is 19.1. The van der Waals surface area contributed by atoms with Gasteiger partial charge in [-0.25, -0.2) is 0 Å². The highest BCUT2D eigenvalue weighted by Gasteiger charge is 1.81. The molecule has 0 N–H and O–H groups in total. The van der Waals surface area contributed by atoms with Crippen molar-refractivity contribution in [3.8, 4) is 0 Å². The number of benzene rings is 3. The molecule has 142 valence electrons. The molecule has 0 heteroatoms. The molecular formula is C26H38. The molecule has 0 fully saturated rings. The minimum atomic E-state index is 0. The van der Waals surface area contributed by atoms with Gasteiger partial charge in [-0.1, -0.05) is 128 Å². The van der Waals surface area contributed by atoms with Crippen LogP contribution in [-0.4, -0.2) is 0 Å². The lowest BCUT2D eigenvalue weighted by atomic mass is 10.2. The van der Waals surface area contributed by atoms with E-state index in [0.29, 0.717) is 0 Å². The first-order valence-electron chi connectivity index (χ1n) is 9.05. The van der Waals surface area contributed by atoms with Crippen LogP contribution < -0.4 is 0 Å². The van der Waals surface area contributed by atoms with Crippen molar-refractivity contribution >= 4 is 0 Å². The average Bonchev–Trinajstić information content (AvgIpc) is 2.61. The van der Waals surface area contributed by atoms with Crippen molar-refractivity contribution in [2.24, 2.45) is 0 Å². The van der Waals surface area contributed by atoms with Gasteiger partial charge in [0.05, 0.1) is 0 Å². The molecule has 3 aromatic carbocycles. The standard InChI is InChI=1S/2C8H10.C7H8.C2H6.CH4/c1-7-3-5-8(2)6-4-7;1-7-4-3-5-8(2)6-7;1-7-5-3-2-4-6-7;1-2;/h2*3-6H,1-2H3;2-6H,1H3;1-2H3;1H4. The van der Waals surface area contributed by atoms with Crippen molar-refractivity contribution in [2.45, 2.75) is 55.9 Å². The van der Waals surface area contributed by atoms with Crippen LogP contribution in [-0.2, 0) is 0 Å². The van der Waals surface area contributed by atoms with E-state index in [9.17, 15) is 0 Å². The van der Waals surface area contributed by atoms with E-state index >= 15 is 0 Å². The van der Waals surface area contributed by atoms with E-state index in [0.717, 1.165) is 0 Å². The van der Waals surface area contributed by atoms with Gasteiger partial charge in [0.2, 0.25) is 0 Å². The lowest BCUT2D eigenvalue weighted by molar-refractivity contribution is 1.39. The molecule has 0 heterocycles. The quantitative estimate of drug-likeness (QED) is 0.383. The molecule has 0 radical (unpaired) electrons. The van der Waals surface area contributed by atoms with Gasteiger partial charge in [-0.05, 0) is 34.6 Å². The molecule has 0 atom stereocenters. The van der Waals surface area contributed by atoms with Crippen LogP contribution >= 0.6 is 0 Å². The van der Waals surface area contributed by atoms with Crippen LogP contribution in [0.5, 0.6) is 0 Å². The van der Waals surface area contributed by atoms with E-state index < -0.39 is 0 Å². The maximum atomic E-state index is 2.17. The molecule has 0 unspecified atom stereocenters. The van der Waals surface area contributed by atoms with Crippen molar-refractivity contribution < 1.29 is 0 Å². The fourth-order valence-corrected chi connectivity index (χ4v) is 1.98. The summed E-state index contributed by atoms with van der Waals surface area (Å²) in [5.74, 6) is 0. The summed E-state index contributed by atoms with van der Waals surface area (Å²) in [6, 6.07) is 27.2. The van der Waals surface area contributed by atoms with Crippen molar-refractivity contribution in [3.05, 3.63) is 107 Å². The lowest BCUT2D eigenvalue weighted by Crippen LogP contribution is -1.71. The summed E-state index contributed by atoms with van der Waals surface area (Å²) in [6.45, 7) is 14.5. The van der Waals surface area contributed by atoms with E-state index in [4.69, 9.17) is 0 Å². The Bertz CT molecular complexity index is 626. The number of aryl methyl sites for hydroxylation is 5. The average molecular weight is 351 g/mol. The van der Waals surface area contributed by atoms with E-state index in [1.165, 1.54) is 27.8 Å². The Labute approximate surface area is 162 Å². The molecule has 0 bridgehead atoms. The van der Waals surface area contributed by atoms with Gasteiger partial charge in [0, 0.05) is 0 Å². The predicted octanol–water partition coefficient (Wildman–Crippen LogP) is 8.26. The third-order valence-electron chi connectivity index (χ3n) is 3.33. The highest BCUT2D eigenvalue weighted by molar-refractivity contribution is 5.20. The second kappa shape index (κ2) is 16.1. The van der Waals surface area contributed by atoms with E-state index in [2.05, 4.69) is 95.3 Å². The van der Waals surface area contributed by atoms with Crippen molar-refractivity contribution in [3.63, 3.8) is 0 Å². The molecular weight excluding hydrogens is 312 g/mol. The molecule has 0 aliphatic carbocycles. The largest absolute Gasteiger partial charge is 0.0776 e. The normalized spacial score (nSPS) is 8.27. The van der Waals surface area contributed by atoms with Crippen LogP contribution in [0, 0.1) is 34.6 Å². The van der Waals surface area contributed by atoms with Crippen LogP contribution in [0.15, 0.2) is 78.9 Å². The Kier molecular flexibility index (Phi) is 16.1. The molecule has 0 aliphatic rings. The number of hydrogen-bond acceptors (Lipinski definition) is 0. The molecule has 3 aromatic rings. The van der Waals surface area contributed by atoms with Gasteiger partial charge < -0.3 is 0 Å². The summed E-state index contributed by atoms with van der Waals surface area (Å²) in [5, 5.41) is 0. The third kappa shape index (κ3) is 14.0. The molecule has 0 saturated carbocycles. The van der Waals surface area contributed by atoms with Crippen molar-refractivity contribution in [1.29, 1.82) is 0 Å². The van der Waals surface area contributed by atoms with Gasteiger partial charge in [0.25, 0.3) is 0 Å². The van der Waals surface area contributed by atoms with Crippen LogP contribution in [0.3, 0.4) is 0 Å². The molecule has 3 rings (SSSR count). The molecule has 0 aliphatic heterocycles. The summed E-state index contributed by atoms with van der Waals surface area (Å²) < 4.78 is 0. The van der Waals surface area contributed by atoms with Crippen LogP contribution in [0.25, 0.3) is 0 Å². The van der Waals surface area contributed by atoms with Crippen molar-refractivity contribution in [2.75, 3.05) is 0 Å². The second-order valence-corrected chi connectivity index (χ2v) is 5.97. The Hall–Kier alpha value is -2.34. The minimum absolute atomic E-state index is 0. The molecule has 0 aromatic heterocycles. The minimum Gasteiger partial charge on any atom is -0.0776 e. The van der Waals surface area contributed by atoms with Crippen LogP contribution in [0.4, 0.5) is 0 Å². The Morgan fingerprint density at radius 3 is 0.923 bits per heavy atom. The van der Waals surface area contributed by atoms with E-state index in [1.54, 1.807) is 0 Å². The fourth-order valence-electron chi connectivity index (χ4n) is 1.98. The highest BCUT2D eigenvalue weighted by Crippen LogP contribution is 2.00. The first kappa shape index (κ1) is 25.9. The zero-order valence-corrected chi connectivity index (χ0v) is 17.0. The summed E-state index contributed by atoms with van der Waals surface area (Å²) >= 11 is 0. The van der Waals surface area contributed by atoms with Gasteiger partial charge in [0.1, 0.15) is 0 Å². The SMILES string of the molecule is C.CC.Cc1ccc(C)cc1.Cc1cccc(C)c1.Cc1ccccc1. The zero-order valence-electron chi connectivity index (χ0n) is 17.0. The molecule has 26 heavy (non-hydrogen) atoms. The second-order valence-electron chi connectivity index (χ2n) is 5.97. The van der Waals surface area contributed by atoms with Gasteiger partial charge in [-0.15, -0.1) is 0 Å². The monoisotopic (exact) mass is 350 g/mol. The Morgan fingerprint density at radius 2 is 0.692 bits per heavy atom. The first-order chi connectivity index (χ1) is 12.0. The third-order valence-corrected chi connectivity index (χ3v) is 3.33. The summed E-state index contributed by atoms with van der Waals surface area (Å²) in [4.78, 5) is 0. The van der Waals surface area contributed by atoms with Crippen LogP contribution in [0.2, 0.25) is 0 Å². The van der Waals surface area contributed by atoms with Crippen molar-refractivity contribution in [1.82, 2.24) is 0 Å². The predicted molar refractivity (Wildman–Crippen MR) is 121 cm³/mol. The summed E-state index contributed by atoms with van der Waals surface area (Å²) in [5.41, 5.74) is 6.66. The first-order valence-corrected chi connectivity index (χ1v) is 9.05. The molecule has 0 spiro atoms. The van der Waals surface area contributed by atoms with Gasteiger partial charge in [-0.2, -0.15) is 0 Å². The Balaban J connectivity index is 0. The lowest BCUT2D eigenvalue weighted by Gasteiger charge is -1.90. The molecule has 0 saturated heterocycles. The number of rotatable bonds is 0. The Morgan fingerprint density at radius 1 is 0.385 bits per heavy atom. The van der Waals surface area contributed by atoms with Gasteiger partial charge >= 0.3 is 0 Å². The molecule has 0 amide bonds. The van der Waals surface area contributed by atoms with Gasteiger partial charge in [0.15, 0.2) is 0 Å². The van der Waals surface area contributed by atoms with E-state index in [-0.39, 0.29) is 7.43 Å². The van der Waals surface area contributed by atoms with Gasteiger partial charge in [-0.3, -0.25) is 0 Å². The topological polar surface area (TPSA) is 0 Å². The van der Waals surface area contributed by atoms with E-state index in [1.807, 2.05) is 32.0 Å². The summed E-state index contributed by atoms with van der Waals surface area (Å²) in [7, 11) is 0. The highest BCUT2D eigenvalue weighted by atomic mass is 13.9. The maximum Gasteiger partial charge on any atom is -0.0398 e. The van der Waals surface area contributed by atoms with Crippen LogP contribution in [0.1, 0.15) is 49.1 Å². The fraction of sp³-hybridized carbons (Fsp3) is 0.308. The smallest absolute Gasteiger partial charge is 0.0398 e. The number of hydrogen-bond donors (Lipinski definition) is 0. The summed E-state index contributed by atoms with van der Waals surface area (Å²) in [6.07, 6.45) is 0. The maximum absolute atomic E-state index is 2.17.